The normalized spacial score (nSPS) is 14.2. The summed E-state index contributed by atoms with van der Waals surface area (Å²) in [6.07, 6.45) is 0.507. The average Bonchev–Trinajstić information content (AvgIpc) is 2.27. The Labute approximate surface area is 98.5 Å². The van der Waals surface area contributed by atoms with Crippen molar-refractivity contribution in [2.24, 2.45) is 0 Å². The number of rotatable bonds is 4. The Bertz CT molecular complexity index is 397. The molecule has 1 unspecified atom stereocenters. The zero-order valence-electron chi connectivity index (χ0n) is 9.76. The van der Waals surface area contributed by atoms with Gasteiger partial charge in [-0.3, -0.25) is 4.79 Å². The van der Waals surface area contributed by atoms with E-state index in [4.69, 9.17) is 5.11 Å². The van der Waals surface area contributed by atoms with E-state index in [-0.39, 0.29) is 12.2 Å². The molecule has 1 amide bonds. The fraction of sp³-hybridized carbons (Fsp3) is 0.417. The first kappa shape index (κ1) is 13.6. The van der Waals surface area contributed by atoms with E-state index in [0.717, 1.165) is 12.1 Å². The van der Waals surface area contributed by atoms with Gasteiger partial charge in [0.05, 0.1) is 12.1 Å². The minimum Gasteiger partial charge on any atom is -0.394 e. The second-order valence-electron chi connectivity index (χ2n) is 4.18. The Hall–Kier alpha value is -1.49. The first-order valence-electron chi connectivity index (χ1n) is 5.29. The molecule has 0 spiro atoms. The number of hydrogen-bond donors (Lipinski definition) is 2. The molecule has 94 valence electrons. The monoisotopic (exact) mass is 243 g/mol. The minimum absolute atomic E-state index is 0.101. The van der Waals surface area contributed by atoms with Crippen molar-refractivity contribution in [1.29, 1.82) is 0 Å². The number of hydrogen-bond acceptors (Lipinski definition) is 2. The van der Waals surface area contributed by atoms with Gasteiger partial charge in [0.15, 0.2) is 0 Å². The number of amides is 1. The highest BCUT2D eigenvalue weighted by atomic mass is 19.1. The van der Waals surface area contributed by atoms with Crippen molar-refractivity contribution in [3.05, 3.63) is 35.4 Å². The van der Waals surface area contributed by atoms with Gasteiger partial charge in [-0.05, 0) is 25.5 Å². The Morgan fingerprint density at radius 2 is 1.88 bits per heavy atom. The van der Waals surface area contributed by atoms with Crippen LogP contribution in [0.4, 0.5) is 8.78 Å². The first-order chi connectivity index (χ1) is 7.90. The third kappa shape index (κ3) is 3.49. The second kappa shape index (κ2) is 5.23. The van der Waals surface area contributed by atoms with E-state index in [1.54, 1.807) is 13.8 Å². The molecule has 1 rings (SSSR count). The van der Waals surface area contributed by atoms with Gasteiger partial charge in [0.1, 0.15) is 11.6 Å². The molecule has 0 heterocycles. The molecule has 0 saturated heterocycles. The zero-order chi connectivity index (χ0) is 13.1. The highest BCUT2D eigenvalue weighted by molar-refractivity contribution is 5.94. The fourth-order valence-electron chi connectivity index (χ4n) is 1.27. The largest absolute Gasteiger partial charge is 0.394 e. The van der Waals surface area contributed by atoms with Crippen LogP contribution in [0.5, 0.6) is 0 Å². The minimum atomic E-state index is -0.808. The zero-order valence-corrected chi connectivity index (χ0v) is 9.76. The van der Waals surface area contributed by atoms with Gasteiger partial charge in [-0.2, -0.15) is 0 Å². The van der Waals surface area contributed by atoms with Crippen LogP contribution in [0.15, 0.2) is 18.2 Å². The maximum Gasteiger partial charge on any atom is 0.251 e. The summed E-state index contributed by atoms with van der Waals surface area (Å²) in [5, 5.41) is 11.7. The molecule has 0 aromatic heterocycles. The van der Waals surface area contributed by atoms with E-state index in [9.17, 15) is 13.6 Å². The van der Waals surface area contributed by atoms with Crippen molar-refractivity contribution in [3.63, 3.8) is 0 Å². The molecule has 2 N–H and O–H groups in total. The van der Waals surface area contributed by atoms with E-state index in [2.05, 4.69) is 5.32 Å². The Morgan fingerprint density at radius 3 is 2.29 bits per heavy atom. The van der Waals surface area contributed by atoms with E-state index in [0.29, 0.717) is 12.5 Å². The summed E-state index contributed by atoms with van der Waals surface area (Å²) in [6, 6.07) is 2.60. The predicted octanol–water partition coefficient (Wildman–Crippen LogP) is 1.86. The van der Waals surface area contributed by atoms with Crippen molar-refractivity contribution >= 4 is 5.91 Å². The molecule has 0 aliphatic carbocycles. The smallest absolute Gasteiger partial charge is 0.251 e. The summed E-state index contributed by atoms with van der Waals surface area (Å²) in [5.74, 6) is -2.23. The standard InChI is InChI=1S/C12H15F2NO2/c1-3-12(2,7-16)15-11(17)8-4-9(13)6-10(14)5-8/h4-6,16H,3,7H2,1-2H3,(H,15,17). The van der Waals surface area contributed by atoms with Gasteiger partial charge >= 0.3 is 0 Å². The summed E-state index contributed by atoms with van der Waals surface area (Å²) in [5.41, 5.74) is -0.893. The lowest BCUT2D eigenvalue weighted by Crippen LogP contribution is -2.48. The molecule has 0 aliphatic heterocycles. The molecule has 5 heteroatoms. The van der Waals surface area contributed by atoms with Crippen LogP contribution in [-0.2, 0) is 0 Å². The lowest BCUT2D eigenvalue weighted by Gasteiger charge is -2.27. The number of carbonyl (C=O) groups is 1. The van der Waals surface area contributed by atoms with Gasteiger partial charge in [-0.15, -0.1) is 0 Å². The van der Waals surface area contributed by atoms with Gasteiger partial charge in [0.25, 0.3) is 5.91 Å². The predicted molar refractivity (Wildman–Crippen MR) is 59.6 cm³/mol. The van der Waals surface area contributed by atoms with Crippen LogP contribution in [0.2, 0.25) is 0 Å². The molecule has 0 saturated carbocycles. The second-order valence-corrected chi connectivity index (χ2v) is 4.18. The van der Waals surface area contributed by atoms with Gasteiger partial charge in [-0.25, -0.2) is 8.78 Å². The molecule has 1 aromatic rings. The highest BCUT2D eigenvalue weighted by Gasteiger charge is 2.24. The van der Waals surface area contributed by atoms with Gasteiger partial charge in [-0.1, -0.05) is 6.92 Å². The Balaban J connectivity index is 2.90. The Morgan fingerprint density at radius 1 is 1.35 bits per heavy atom. The molecule has 0 radical (unpaired) electrons. The molecule has 0 fully saturated rings. The van der Waals surface area contributed by atoms with Gasteiger partial charge in [0.2, 0.25) is 0 Å². The van der Waals surface area contributed by atoms with E-state index in [1.807, 2.05) is 0 Å². The van der Waals surface area contributed by atoms with Crippen LogP contribution in [0.3, 0.4) is 0 Å². The molecule has 1 atom stereocenters. The molecule has 1 aromatic carbocycles. The Kier molecular flexibility index (Phi) is 4.17. The topological polar surface area (TPSA) is 49.3 Å². The summed E-state index contributed by atoms with van der Waals surface area (Å²) in [6.45, 7) is 3.20. The van der Waals surface area contributed by atoms with E-state index in [1.165, 1.54) is 0 Å². The number of nitrogens with one attached hydrogen (secondary N) is 1. The maximum atomic E-state index is 12.9. The van der Waals surface area contributed by atoms with Crippen LogP contribution in [0.1, 0.15) is 30.6 Å². The lowest BCUT2D eigenvalue weighted by atomic mass is 9.99. The van der Waals surface area contributed by atoms with Crippen LogP contribution in [0.25, 0.3) is 0 Å². The third-order valence-electron chi connectivity index (χ3n) is 2.67. The molecule has 0 aliphatic rings. The number of benzene rings is 1. The number of aliphatic hydroxyl groups is 1. The number of carbonyl (C=O) groups excluding carboxylic acids is 1. The van der Waals surface area contributed by atoms with Crippen LogP contribution in [0, 0.1) is 11.6 Å². The fourth-order valence-corrected chi connectivity index (χ4v) is 1.27. The van der Waals surface area contributed by atoms with Crippen molar-refractivity contribution in [1.82, 2.24) is 5.32 Å². The van der Waals surface area contributed by atoms with E-state index >= 15 is 0 Å². The summed E-state index contributed by atoms with van der Waals surface area (Å²) in [7, 11) is 0. The molecule has 17 heavy (non-hydrogen) atoms. The van der Waals surface area contributed by atoms with Crippen molar-refractivity contribution in [2.75, 3.05) is 6.61 Å². The first-order valence-corrected chi connectivity index (χ1v) is 5.29. The molecule has 0 bridgehead atoms. The lowest BCUT2D eigenvalue weighted by molar-refractivity contribution is 0.0846. The van der Waals surface area contributed by atoms with Gasteiger partial charge in [0, 0.05) is 11.6 Å². The van der Waals surface area contributed by atoms with Crippen molar-refractivity contribution in [3.8, 4) is 0 Å². The van der Waals surface area contributed by atoms with Crippen LogP contribution in [-0.4, -0.2) is 23.2 Å². The third-order valence-corrected chi connectivity index (χ3v) is 2.67. The highest BCUT2D eigenvalue weighted by Crippen LogP contribution is 2.12. The maximum absolute atomic E-state index is 12.9. The van der Waals surface area contributed by atoms with E-state index < -0.39 is 23.1 Å². The van der Waals surface area contributed by atoms with Crippen LogP contribution < -0.4 is 5.32 Å². The van der Waals surface area contributed by atoms with Crippen molar-refractivity contribution in [2.45, 2.75) is 25.8 Å². The number of aliphatic hydroxyl groups excluding tert-OH is 1. The molecule has 3 nitrogen and oxygen atoms in total. The van der Waals surface area contributed by atoms with Crippen LogP contribution >= 0.6 is 0 Å². The SMILES string of the molecule is CCC(C)(CO)NC(=O)c1cc(F)cc(F)c1. The molecular weight excluding hydrogens is 228 g/mol. The average molecular weight is 243 g/mol. The number of halogens is 2. The van der Waals surface area contributed by atoms with Crippen molar-refractivity contribution < 1.29 is 18.7 Å². The van der Waals surface area contributed by atoms with Gasteiger partial charge < -0.3 is 10.4 Å². The quantitative estimate of drug-likeness (QED) is 0.848. The molecular formula is C12H15F2NO2. The summed E-state index contributed by atoms with van der Waals surface area (Å²) in [4.78, 5) is 11.7. The summed E-state index contributed by atoms with van der Waals surface area (Å²) < 4.78 is 25.8. The summed E-state index contributed by atoms with van der Waals surface area (Å²) >= 11 is 0.